The molecule has 3 aromatic rings. The van der Waals surface area contributed by atoms with Crippen LogP contribution in [0.3, 0.4) is 0 Å². The van der Waals surface area contributed by atoms with E-state index >= 15 is 0 Å². The summed E-state index contributed by atoms with van der Waals surface area (Å²) in [5, 5.41) is 0. The number of aromatic nitrogens is 4. The second kappa shape index (κ2) is 8.15. The molecule has 1 aliphatic rings. The van der Waals surface area contributed by atoms with Crippen LogP contribution in [0.1, 0.15) is 10.4 Å². The van der Waals surface area contributed by atoms with E-state index in [1.807, 2.05) is 18.2 Å². The number of benzene rings is 1. The van der Waals surface area contributed by atoms with Crippen molar-refractivity contribution in [1.82, 2.24) is 24.0 Å². The van der Waals surface area contributed by atoms with Crippen LogP contribution in [0, 0.1) is 0 Å². The van der Waals surface area contributed by atoms with Crippen molar-refractivity contribution in [2.24, 2.45) is 14.1 Å². The topological polar surface area (TPSA) is 105 Å². The summed E-state index contributed by atoms with van der Waals surface area (Å²) in [7, 11) is 3.05. The monoisotopic (exact) mass is 412 g/mol. The summed E-state index contributed by atoms with van der Waals surface area (Å²) in [6.45, 7) is 3.95. The Balaban J connectivity index is 1.34. The van der Waals surface area contributed by atoms with Gasteiger partial charge in [0.2, 0.25) is 5.95 Å². The molecule has 0 bridgehead atoms. The van der Waals surface area contributed by atoms with Gasteiger partial charge in [0.25, 0.3) is 5.56 Å². The second-order valence-electron chi connectivity index (χ2n) is 7.30. The first-order valence-corrected chi connectivity index (χ1v) is 9.81. The van der Waals surface area contributed by atoms with Gasteiger partial charge in [-0.2, -0.15) is 4.98 Å². The number of carbonyl (C=O) groups excluding carboxylic acids is 1. The maximum atomic E-state index is 12.3. The molecule has 158 valence electrons. The SMILES string of the molecule is Cn1c(=O)c2[nH]c(N3CCN(CCOC(=O)c4ccccc4)CC3)nc2n(C)c1=O. The van der Waals surface area contributed by atoms with Gasteiger partial charge in [0.15, 0.2) is 11.2 Å². The van der Waals surface area contributed by atoms with E-state index < -0.39 is 5.69 Å². The third kappa shape index (κ3) is 3.73. The third-order valence-corrected chi connectivity index (χ3v) is 5.40. The van der Waals surface area contributed by atoms with Gasteiger partial charge in [-0.05, 0) is 12.1 Å². The Labute approximate surface area is 172 Å². The Kier molecular flexibility index (Phi) is 5.40. The number of rotatable bonds is 5. The number of piperazine rings is 1. The molecule has 0 spiro atoms. The number of hydrogen-bond acceptors (Lipinski definition) is 7. The number of aromatic amines is 1. The molecule has 1 aliphatic heterocycles. The highest BCUT2D eigenvalue weighted by molar-refractivity contribution is 5.89. The highest BCUT2D eigenvalue weighted by Gasteiger charge is 2.22. The van der Waals surface area contributed by atoms with Gasteiger partial charge in [-0.1, -0.05) is 18.2 Å². The predicted molar refractivity (Wildman–Crippen MR) is 112 cm³/mol. The minimum atomic E-state index is -0.402. The standard InChI is InChI=1S/C20H24N6O4/c1-23-16-15(17(27)24(2)20(23)29)21-19(22-16)26-10-8-25(9-11-26)12-13-30-18(28)14-6-4-3-5-7-14/h3-7H,8-13H2,1-2H3,(H,21,22). The molecule has 2 aromatic heterocycles. The molecule has 1 saturated heterocycles. The minimum absolute atomic E-state index is 0.316. The normalized spacial score (nSPS) is 14.9. The highest BCUT2D eigenvalue weighted by Crippen LogP contribution is 2.15. The summed E-state index contributed by atoms with van der Waals surface area (Å²) < 4.78 is 7.79. The molecule has 0 aliphatic carbocycles. The summed E-state index contributed by atoms with van der Waals surface area (Å²) in [4.78, 5) is 48.2. The average molecular weight is 412 g/mol. The number of fused-ring (bicyclic) bond motifs is 1. The Morgan fingerprint density at radius 1 is 1.07 bits per heavy atom. The van der Waals surface area contributed by atoms with Crippen LogP contribution in [0.15, 0.2) is 39.9 Å². The number of ether oxygens (including phenoxy) is 1. The molecular formula is C20H24N6O4. The van der Waals surface area contributed by atoms with Crippen LogP contribution < -0.4 is 16.1 Å². The van der Waals surface area contributed by atoms with E-state index in [0.717, 1.165) is 17.7 Å². The van der Waals surface area contributed by atoms with Crippen molar-refractivity contribution in [3.05, 3.63) is 56.7 Å². The molecule has 0 radical (unpaired) electrons. The largest absolute Gasteiger partial charge is 0.461 e. The molecule has 1 fully saturated rings. The zero-order chi connectivity index (χ0) is 21.3. The van der Waals surface area contributed by atoms with Gasteiger partial charge < -0.3 is 14.6 Å². The zero-order valence-electron chi connectivity index (χ0n) is 17.0. The van der Waals surface area contributed by atoms with Crippen LogP contribution in [0.5, 0.6) is 0 Å². The van der Waals surface area contributed by atoms with Gasteiger partial charge in [-0.25, -0.2) is 9.59 Å². The van der Waals surface area contributed by atoms with Crippen LogP contribution in [0.25, 0.3) is 11.2 Å². The first-order chi connectivity index (χ1) is 14.5. The van der Waals surface area contributed by atoms with Crippen molar-refractivity contribution >= 4 is 23.1 Å². The second-order valence-corrected chi connectivity index (χ2v) is 7.30. The molecule has 10 heteroatoms. The number of carbonyl (C=O) groups is 1. The number of nitrogens with zero attached hydrogens (tertiary/aromatic N) is 5. The van der Waals surface area contributed by atoms with E-state index in [1.54, 1.807) is 19.2 Å². The molecule has 1 N–H and O–H groups in total. The van der Waals surface area contributed by atoms with Gasteiger partial charge in [0.1, 0.15) is 6.61 Å². The molecule has 1 aromatic carbocycles. The predicted octanol–water partition coefficient (Wildman–Crippen LogP) is -0.0607. The van der Waals surface area contributed by atoms with Crippen LogP contribution >= 0.6 is 0 Å². The van der Waals surface area contributed by atoms with Crippen LogP contribution in [0.2, 0.25) is 0 Å². The Morgan fingerprint density at radius 3 is 2.47 bits per heavy atom. The minimum Gasteiger partial charge on any atom is -0.461 e. The molecule has 4 rings (SSSR count). The quantitative estimate of drug-likeness (QED) is 0.585. The van der Waals surface area contributed by atoms with Crippen molar-refractivity contribution in [3.8, 4) is 0 Å². The highest BCUT2D eigenvalue weighted by atomic mass is 16.5. The van der Waals surface area contributed by atoms with Gasteiger partial charge in [-0.3, -0.25) is 18.8 Å². The first-order valence-electron chi connectivity index (χ1n) is 9.81. The van der Waals surface area contributed by atoms with Gasteiger partial charge in [0, 0.05) is 46.8 Å². The summed E-state index contributed by atoms with van der Waals surface area (Å²) in [6.07, 6.45) is 0. The lowest BCUT2D eigenvalue weighted by molar-refractivity contribution is 0.0459. The van der Waals surface area contributed by atoms with Crippen molar-refractivity contribution in [2.45, 2.75) is 0 Å². The zero-order valence-corrected chi connectivity index (χ0v) is 17.0. The van der Waals surface area contributed by atoms with Gasteiger partial charge in [-0.15, -0.1) is 0 Å². The number of nitrogens with one attached hydrogen (secondary N) is 1. The first kappa shape index (κ1) is 19.9. The summed E-state index contributed by atoms with van der Waals surface area (Å²) in [6, 6.07) is 8.94. The van der Waals surface area contributed by atoms with Gasteiger partial charge >= 0.3 is 11.7 Å². The molecular weight excluding hydrogens is 388 g/mol. The van der Waals surface area contributed by atoms with E-state index in [0.29, 0.717) is 48.9 Å². The lowest BCUT2D eigenvalue weighted by Crippen LogP contribution is -2.47. The van der Waals surface area contributed by atoms with Crippen LogP contribution in [-0.2, 0) is 18.8 Å². The Morgan fingerprint density at radius 2 is 1.77 bits per heavy atom. The van der Waals surface area contributed by atoms with Crippen molar-refractivity contribution in [2.75, 3.05) is 44.2 Å². The number of H-pyrrole nitrogens is 1. The molecule has 30 heavy (non-hydrogen) atoms. The number of hydrogen-bond donors (Lipinski definition) is 1. The number of aryl methyl sites for hydroxylation is 1. The fourth-order valence-electron chi connectivity index (χ4n) is 3.57. The van der Waals surface area contributed by atoms with Crippen molar-refractivity contribution in [1.29, 1.82) is 0 Å². The van der Waals surface area contributed by atoms with Crippen molar-refractivity contribution < 1.29 is 9.53 Å². The molecule has 10 nitrogen and oxygen atoms in total. The van der Waals surface area contributed by atoms with E-state index in [-0.39, 0.29) is 11.5 Å². The van der Waals surface area contributed by atoms with Gasteiger partial charge in [0.05, 0.1) is 5.56 Å². The third-order valence-electron chi connectivity index (χ3n) is 5.40. The molecule has 3 heterocycles. The molecule has 0 amide bonds. The number of esters is 1. The molecule has 0 unspecified atom stereocenters. The van der Waals surface area contributed by atoms with Crippen LogP contribution in [-0.4, -0.2) is 69.3 Å². The maximum Gasteiger partial charge on any atom is 0.338 e. The van der Waals surface area contributed by atoms with Crippen molar-refractivity contribution in [3.63, 3.8) is 0 Å². The van der Waals surface area contributed by atoms with Crippen LogP contribution in [0.4, 0.5) is 5.95 Å². The molecule has 0 saturated carbocycles. The van der Waals surface area contributed by atoms with E-state index in [4.69, 9.17) is 4.74 Å². The lowest BCUT2D eigenvalue weighted by atomic mass is 10.2. The fraction of sp³-hybridized carbons (Fsp3) is 0.400. The smallest absolute Gasteiger partial charge is 0.338 e. The molecule has 0 atom stereocenters. The lowest BCUT2D eigenvalue weighted by Gasteiger charge is -2.34. The maximum absolute atomic E-state index is 12.3. The summed E-state index contributed by atoms with van der Waals surface area (Å²) in [5.74, 6) is 0.266. The fourth-order valence-corrected chi connectivity index (χ4v) is 3.57. The van der Waals surface area contributed by atoms with E-state index in [9.17, 15) is 14.4 Å². The van der Waals surface area contributed by atoms with E-state index in [2.05, 4.69) is 19.8 Å². The Hall–Kier alpha value is -3.40. The summed E-state index contributed by atoms with van der Waals surface area (Å²) >= 11 is 0. The number of imidazole rings is 1. The van der Waals surface area contributed by atoms with E-state index in [1.165, 1.54) is 11.6 Å². The number of anilines is 1. The average Bonchev–Trinajstić information content (AvgIpc) is 3.23. The summed E-state index contributed by atoms with van der Waals surface area (Å²) in [5.41, 5.74) is 0.442. The Bertz CT molecular complexity index is 1170.